The Hall–Kier alpha value is -1.42. The first-order valence-corrected chi connectivity index (χ1v) is 14.0. The predicted molar refractivity (Wildman–Crippen MR) is 148 cm³/mol. The van der Waals surface area contributed by atoms with Gasteiger partial charge in [0.15, 0.2) is 0 Å². The van der Waals surface area contributed by atoms with Gasteiger partial charge in [0, 0.05) is 31.2 Å². The van der Waals surface area contributed by atoms with Crippen LogP contribution in [0, 0.1) is 0 Å². The van der Waals surface area contributed by atoms with Crippen molar-refractivity contribution in [1.82, 2.24) is 9.88 Å². The molecule has 2 aromatic heterocycles. The van der Waals surface area contributed by atoms with Gasteiger partial charge in [-0.1, -0.05) is 0 Å². The number of hydrogen-bond donors (Lipinski definition) is 0. The molecule has 0 saturated heterocycles. The van der Waals surface area contributed by atoms with E-state index in [9.17, 15) is 0 Å². The summed E-state index contributed by atoms with van der Waals surface area (Å²) in [6.45, 7) is 5.34. The van der Waals surface area contributed by atoms with Gasteiger partial charge >= 0.3 is 22.4 Å². The quantitative estimate of drug-likeness (QED) is 0.169. The number of benzene rings is 1. The SMILES string of the molecule is CN(C)c1ccc(-c2cc3cc(OCCCCCN(CC[S-])CC[N-]CC[S-])ccc3o2)cn1.[O]=[99Tc+3]. The Morgan fingerprint density at radius 1 is 0.972 bits per heavy atom. The second-order valence-corrected chi connectivity index (χ2v) is 9.26. The van der Waals surface area contributed by atoms with Crippen molar-refractivity contribution in [1.29, 1.82) is 0 Å². The second-order valence-electron chi connectivity index (χ2n) is 8.44. The van der Waals surface area contributed by atoms with Crippen LogP contribution in [-0.2, 0) is 47.6 Å². The van der Waals surface area contributed by atoms with Crippen LogP contribution in [0.1, 0.15) is 19.3 Å². The Kier molecular flexibility index (Phi) is 15.3. The van der Waals surface area contributed by atoms with E-state index in [0.717, 1.165) is 110 Å². The van der Waals surface area contributed by atoms with Gasteiger partial charge in [-0.2, -0.15) is 18.1 Å². The zero-order chi connectivity index (χ0) is 26.2. The third-order valence-corrected chi connectivity index (χ3v) is 5.96. The first-order valence-electron chi connectivity index (χ1n) is 12.1. The average Bonchev–Trinajstić information content (AvgIpc) is 3.33. The molecular formula is C26H35N4O3S2Tc. The summed E-state index contributed by atoms with van der Waals surface area (Å²) in [7, 11) is 3.95. The predicted octanol–water partition coefficient (Wildman–Crippen LogP) is 4.76. The van der Waals surface area contributed by atoms with Crippen LogP contribution in [0.3, 0.4) is 0 Å². The molecule has 7 nitrogen and oxygen atoms in total. The van der Waals surface area contributed by atoms with E-state index in [2.05, 4.69) is 15.2 Å². The molecule has 0 unspecified atom stereocenters. The molecule has 0 fully saturated rings. The van der Waals surface area contributed by atoms with Gasteiger partial charge in [-0.3, -0.25) is 0 Å². The van der Waals surface area contributed by atoms with Crippen molar-refractivity contribution in [2.45, 2.75) is 19.3 Å². The fourth-order valence-corrected chi connectivity index (χ4v) is 4.09. The third kappa shape index (κ3) is 10.5. The van der Waals surface area contributed by atoms with E-state index in [1.165, 1.54) is 0 Å². The molecule has 0 radical (unpaired) electrons. The summed E-state index contributed by atoms with van der Waals surface area (Å²) >= 11 is 11.0. The summed E-state index contributed by atoms with van der Waals surface area (Å²) in [5.41, 5.74) is 1.81. The summed E-state index contributed by atoms with van der Waals surface area (Å²) in [5.74, 6) is 4.07. The van der Waals surface area contributed by atoms with Crippen molar-refractivity contribution in [3.8, 4) is 17.1 Å². The molecule has 1 aromatic carbocycles. The number of ether oxygens (including phenoxy) is 1. The van der Waals surface area contributed by atoms with Crippen LogP contribution in [0.5, 0.6) is 5.75 Å². The van der Waals surface area contributed by atoms with Gasteiger partial charge in [0.2, 0.25) is 0 Å². The number of rotatable bonds is 16. The second kappa shape index (κ2) is 17.9. The van der Waals surface area contributed by atoms with Crippen molar-refractivity contribution in [2.24, 2.45) is 0 Å². The molecule has 0 bridgehead atoms. The molecule has 0 aliphatic heterocycles. The first-order chi connectivity index (χ1) is 17.6. The number of fused-ring (bicyclic) bond motifs is 1. The molecule has 3 aromatic rings. The Balaban J connectivity index is 0.00000222. The summed E-state index contributed by atoms with van der Waals surface area (Å²) < 4.78 is 20.2. The van der Waals surface area contributed by atoms with E-state index in [-0.39, 0.29) is 0 Å². The maximum atomic E-state index is 8.22. The van der Waals surface area contributed by atoms with E-state index in [1.807, 2.05) is 61.6 Å². The standard InChI is InChI=1S/C26H37N4O2S2.O.Tc/c1-29(2)26-9-6-21(20-28-26)25-19-22-18-23(7-8-24(22)32-25)31-15-5-3-4-12-30(14-17-34)13-10-27-11-16-33;;/h6-9,18-20,33-34H,3-5,10-17H2,1-2H3;;/q-1;;+3/p-2/i;;1+1. The van der Waals surface area contributed by atoms with Crippen molar-refractivity contribution in [3.05, 3.63) is 47.9 Å². The van der Waals surface area contributed by atoms with Crippen LogP contribution in [0.2, 0.25) is 0 Å². The maximum absolute atomic E-state index is 8.22. The number of anilines is 1. The number of pyridine rings is 1. The van der Waals surface area contributed by atoms with Crippen LogP contribution < -0.4 is 9.64 Å². The van der Waals surface area contributed by atoms with E-state index < -0.39 is 0 Å². The summed E-state index contributed by atoms with van der Waals surface area (Å²) in [5, 5.41) is 5.47. The zero-order valence-electron chi connectivity index (χ0n) is 21.0. The summed E-state index contributed by atoms with van der Waals surface area (Å²) in [6.07, 6.45) is 5.15. The number of aromatic nitrogens is 1. The number of hydrogen-bond acceptors (Lipinski definition) is 8. The fourth-order valence-electron chi connectivity index (χ4n) is 3.71. The number of nitrogens with zero attached hydrogens (tertiary/aromatic N) is 4. The average molecular weight is 615 g/mol. The van der Waals surface area contributed by atoms with Gasteiger partial charge in [0.05, 0.1) is 6.61 Å². The molecule has 2 heterocycles. The molecule has 196 valence electrons. The fraction of sp³-hybridized carbons (Fsp3) is 0.500. The van der Waals surface area contributed by atoms with Gasteiger partial charge in [-0.05, 0) is 75.3 Å². The monoisotopic (exact) mass is 614 g/mol. The van der Waals surface area contributed by atoms with Gasteiger partial charge in [-0.25, -0.2) is 4.98 Å². The van der Waals surface area contributed by atoms with Crippen LogP contribution in [0.25, 0.3) is 27.6 Å². The van der Waals surface area contributed by atoms with E-state index in [1.54, 1.807) is 0 Å². The molecule has 10 heteroatoms. The normalized spacial score (nSPS) is 10.9. The van der Waals surface area contributed by atoms with Crippen LogP contribution >= 0.6 is 0 Å². The minimum absolute atomic E-state index is 0.706. The zero-order valence-corrected chi connectivity index (χ0v) is 24.5. The summed E-state index contributed by atoms with van der Waals surface area (Å²) in [4.78, 5) is 8.86. The Morgan fingerprint density at radius 2 is 1.81 bits per heavy atom. The van der Waals surface area contributed by atoms with Crippen LogP contribution in [-0.4, -0.2) is 74.8 Å². The van der Waals surface area contributed by atoms with Crippen LogP contribution in [0.4, 0.5) is 5.82 Å². The molecule has 3 rings (SSSR count). The Labute approximate surface area is 236 Å². The number of unbranched alkanes of at least 4 members (excludes halogenated alkanes) is 2. The van der Waals surface area contributed by atoms with Crippen molar-refractivity contribution in [2.75, 3.05) is 69.8 Å². The molecule has 0 N–H and O–H groups in total. The molecule has 0 atom stereocenters. The third-order valence-electron chi connectivity index (χ3n) is 5.60. The van der Waals surface area contributed by atoms with Crippen molar-refractivity contribution >= 4 is 42.0 Å². The molecule has 36 heavy (non-hydrogen) atoms. The summed E-state index contributed by atoms with van der Waals surface area (Å²) in [6, 6.07) is 12.1. The van der Waals surface area contributed by atoms with Crippen molar-refractivity contribution < 1.29 is 31.5 Å². The van der Waals surface area contributed by atoms with E-state index in [4.69, 9.17) is 37.9 Å². The minimum atomic E-state index is 0.706. The van der Waals surface area contributed by atoms with E-state index in [0.29, 0.717) is 12.4 Å². The molecule has 0 aliphatic rings. The van der Waals surface area contributed by atoms with Gasteiger partial charge in [0.1, 0.15) is 22.9 Å². The van der Waals surface area contributed by atoms with Gasteiger partial charge in [0.25, 0.3) is 0 Å². The first kappa shape index (κ1) is 30.8. The van der Waals surface area contributed by atoms with Crippen molar-refractivity contribution in [3.63, 3.8) is 0 Å². The van der Waals surface area contributed by atoms with Gasteiger partial charge in [-0.15, -0.1) is 6.54 Å². The van der Waals surface area contributed by atoms with Gasteiger partial charge < -0.3 is 49.5 Å². The Morgan fingerprint density at radius 3 is 2.50 bits per heavy atom. The Bertz CT molecular complexity index is 1000. The van der Waals surface area contributed by atoms with E-state index >= 15 is 0 Å². The van der Waals surface area contributed by atoms with Crippen LogP contribution in [0.15, 0.2) is 47.0 Å². The molecule has 0 spiro atoms. The molecule has 0 saturated carbocycles. The number of furan rings is 1. The molecule has 0 aliphatic carbocycles. The molecular weight excluding hydrogens is 579 g/mol. The topological polar surface area (TPSA) is 72.9 Å². The molecule has 0 amide bonds.